The zero-order valence-electron chi connectivity index (χ0n) is 13.6. The second-order valence-electron chi connectivity index (χ2n) is 5.05. The molecule has 1 heterocycles. The molecule has 0 atom stereocenters. The lowest BCUT2D eigenvalue weighted by molar-refractivity contribution is -0.121. The number of carbonyl (C=O) groups excluding carboxylic acids is 2. The van der Waals surface area contributed by atoms with E-state index in [1.807, 2.05) is 13.8 Å². The average Bonchev–Trinajstić information content (AvgIpc) is 2.60. The molecule has 0 saturated carbocycles. The standard InChI is InChI=1S/C17H19ClN4O2/c1-3-19-15(23)11-22(4-2)17(24)14-9-10-20-16(21-14)12-5-7-13(18)8-6-12/h5-10H,3-4,11H2,1-2H3,(H,19,23). The first kappa shape index (κ1) is 17.9. The Hall–Kier alpha value is -2.47. The number of hydrogen-bond acceptors (Lipinski definition) is 4. The second-order valence-corrected chi connectivity index (χ2v) is 5.48. The van der Waals surface area contributed by atoms with Crippen molar-refractivity contribution in [2.75, 3.05) is 19.6 Å². The van der Waals surface area contributed by atoms with E-state index in [4.69, 9.17) is 11.6 Å². The summed E-state index contributed by atoms with van der Waals surface area (Å²) in [6.07, 6.45) is 1.53. The number of rotatable bonds is 6. The van der Waals surface area contributed by atoms with Gasteiger partial charge in [-0.25, -0.2) is 9.97 Å². The highest BCUT2D eigenvalue weighted by molar-refractivity contribution is 6.30. The molecular formula is C17H19ClN4O2. The Labute approximate surface area is 145 Å². The molecule has 0 aliphatic carbocycles. The molecule has 0 unspecified atom stereocenters. The molecule has 0 fully saturated rings. The molecule has 1 N–H and O–H groups in total. The summed E-state index contributed by atoms with van der Waals surface area (Å²) >= 11 is 5.88. The van der Waals surface area contributed by atoms with Crippen LogP contribution in [-0.4, -0.2) is 46.3 Å². The lowest BCUT2D eigenvalue weighted by Crippen LogP contribution is -2.40. The third-order valence-corrected chi connectivity index (χ3v) is 3.61. The summed E-state index contributed by atoms with van der Waals surface area (Å²) in [5, 5.41) is 3.30. The lowest BCUT2D eigenvalue weighted by atomic mass is 10.2. The van der Waals surface area contributed by atoms with Crippen molar-refractivity contribution in [3.63, 3.8) is 0 Å². The summed E-state index contributed by atoms with van der Waals surface area (Å²) in [6, 6.07) is 8.60. The Morgan fingerprint density at radius 1 is 1.17 bits per heavy atom. The Morgan fingerprint density at radius 2 is 1.88 bits per heavy atom. The maximum atomic E-state index is 12.6. The fourth-order valence-electron chi connectivity index (χ4n) is 2.13. The third kappa shape index (κ3) is 4.52. The van der Waals surface area contributed by atoms with Crippen LogP contribution in [0.2, 0.25) is 5.02 Å². The minimum Gasteiger partial charge on any atom is -0.355 e. The van der Waals surface area contributed by atoms with Crippen molar-refractivity contribution in [3.8, 4) is 11.4 Å². The largest absolute Gasteiger partial charge is 0.355 e. The molecule has 2 aromatic rings. The first-order valence-corrected chi connectivity index (χ1v) is 8.07. The molecule has 0 aliphatic rings. The maximum absolute atomic E-state index is 12.6. The van der Waals surface area contributed by atoms with Crippen LogP contribution < -0.4 is 5.32 Å². The van der Waals surface area contributed by atoms with E-state index in [0.29, 0.717) is 23.9 Å². The van der Waals surface area contributed by atoms with E-state index in [0.717, 1.165) is 5.56 Å². The highest BCUT2D eigenvalue weighted by Gasteiger charge is 2.19. The van der Waals surface area contributed by atoms with E-state index >= 15 is 0 Å². The maximum Gasteiger partial charge on any atom is 0.273 e. The molecule has 7 heteroatoms. The summed E-state index contributed by atoms with van der Waals surface area (Å²) in [4.78, 5) is 34.3. The fraction of sp³-hybridized carbons (Fsp3) is 0.294. The molecule has 0 aliphatic heterocycles. The smallest absolute Gasteiger partial charge is 0.273 e. The Kier molecular flexibility index (Phi) is 6.26. The van der Waals surface area contributed by atoms with Crippen molar-refractivity contribution in [1.82, 2.24) is 20.2 Å². The van der Waals surface area contributed by atoms with Crippen LogP contribution in [0, 0.1) is 0 Å². The van der Waals surface area contributed by atoms with Crippen LogP contribution in [-0.2, 0) is 4.79 Å². The van der Waals surface area contributed by atoms with Crippen LogP contribution in [0.1, 0.15) is 24.3 Å². The Balaban J connectivity index is 2.21. The normalized spacial score (nSPS) is 10.3. The SMILES string of the molecule is CCNC(=O)CN(CC)C(=O)c1ccnc(-c2ccc(Cl)cc2)n1. The predicted octanol–water partition coefficient (Wildman–Crippen LogP) is 2.40. The van der Waals surface area contributed by atoms with Crippen molar-refractivity contribution in [2.45, 2.75) is 13.8 Å². The van der Waals surface area contributed by atoms with Gasteiger partial charge in [-0.3, -0.25) is 9.59 Å². The van der Waals surface area contributed by atoms with Crippen LogP contribution in [0.5, 0.6) is 0 Å². The van der Waals surface area contributed by atoms with E-state index < -0.39 is 0 Å². The van der Waals surface area contributed by atoms with Crippen molar-refractivity contribution >= 4 is 23.4 Å². The van der Waals surface area contributed by atoms with E-state index in [1.54, 1.807) is 30.3 Å². The van der Waals surface area contributed by atoms with Gasteiger partial charge in [-0.1, -0.05) is 11.6 Å². The number of aromatic nitrogens is 2. The molecule has 126 valence electrons. The van der Waals surface area contributed by atoms with E-state index in [2.05, 4.69) is 15.3 Å². The number of likely N-dealkylation sites (N-methyl/N-ethyl adjacent to an activating group) is 2. The highest BCUT2D eigenvalue weighted by atomic mass is 35.5. The zero-order chi connectivity index (χ0) is 17.5. The molecule has 24 heavy (non-hydrogen) atoms. The van der Waals surface area contributed by atoms with Crippen molar-refractivity contribution in [1.29, 1.82) is 0 Å². The van der Waals surface area contributed by atoms with Crippen molar-refractivity contribution < 1.29 is 9.59 Å². The summed E-state index contributed by atoms with van der Waals surface area (Å²) in [5.41, 5.74) is 1.02. The molecule has 1 aromatic carbocycles. The monoisotopic (exact) mass is 346 g/mol. The summed E-state index contributed by atoms with van der Waals surface area (Å²) in [7, 11) is 0. The van der Waals surface area contributed by atoms with E-state index in [1.165, 1.54) is 11.1 Å². The van der Waals surface area contributed by atoms with Gasteiger partial charge in [-0.15, -0.1) is 0 Å². The predicted molar refractivity (Wildman–Crippen MR) is 92.7 cm³/mol. The van der Waals surface area contributed by atoms with Crippen LogP contribution in [0.25, 0.3) is 11.4 Å². The van der Waals surface area contributed by atoms with Gasteiger partial charge in [0.15, 0.2) is 5.82 Å². The van der Waals surface area contributed by atoms with Crippen LogP contribution in [0.4, 0.5) is 0 Å². The number of carbonyl (C=O) groups is 2. The first-order chi connectivity index (χ1) is 11.5. The van der Waals surface area contributed by atoms with Gasteiger partial charge in [0.05, 0.1) is 6.54 Å². The quantitative estimate of drug-likeness (QED) is 0.871. The number of benzene rings is 1. The van der Waals surface area contributed by atoms with E-state index in [-0.39, 0.29) is 24.1 Å². The van der Waals surface area contributed by atoms with Gasteiger partial charge < -0.3 is 10.2 Å². The summed E-state index contributed by atoms with van der Waals surface area (Å²) < 4.78 is 0. The number of amides is 2. The van der Waals surface area contributed by atoms with Crippen LogP contribution in [0.15, 0.2) is 36.5 Å². The number of hydrogen-bond donors (Lipinski definition) is 1. The Morgan fingerprint density at radius 3 is 2.50 bits per heavy atom. The van der Waals surface area contributed by atoms with Gasteiger partial charge in [-0.05, 0) is 44.2 Å². The summed E-state index contributed by atoms with van der Waals surface area (Å²) in [5.74, 6) is -0.0624. The minimum absolute atomic E-state index is 0.00343. The molecule has 0 radical (unpaired) electrons. The molecule has 6 nitrogen and oxygen atoms in total. The highest BCUT2D eigenvalue weighted by Crippen LogP contribution is 2.18. The van der Waals surface area contributed by atoms with Gasteiger partial charge in [0.1, 0.15) is 5.69 Å². The van der Waals surface area contributed by atoms with Gasteiger partial charge in [0, 0.05) is 29.9 Å². The molecular weight excluding hydrogens is 328 g/mol. The lowest BCUT2D eigenvalue weighted by Gasteiger charge is -2.19. The first-order valence-electron chi connectivity index (χ1n) is 7.70. The van der Waals surface area contributed by atoms with Crippen LogP contribution in [0.3, 0.4) is 0 Å². The van der Waals surface area contributed by atoms with Crippen LogP contribution >= 0.6 is 11.6 Å². The van der Waals surface area contributed by atoms with Crippen molar-refractivity contribution in [2.24, 2.45) is 0 Å². The van der Waals surface area contributed by atoms with Gasteiger partial charge in [0.2, 0.25) is 5.91 Å². The molecule has 1 aromatic heterocycles. The third-order valence-electron chi connectivity index (χ3n) is 3.35. The molecule has 0 saturated heterocycles. The van der Waals surface area contributed by atoms with Gasteiger partial charge in [0.25, 0.3) is 5.91 Å². The Bertz CT molecular complexity index is 719. The van der Waals surface area contributed by atoms with Gasteiger partial charge >= 0.3 is 0 Å². The number of halogens is 1. The fourth-order valence-corrected chi connectivity index (χ4v) is 2.26. The van der Waals surface area contributed by atoms with E-state index in [9.17, 15) is 9.59 Å². The average molecular weight is 347 g/mol. The topological polar surface area (TPSA) is 75.2 Å². The zero-order valence-corrected chi connectivity index (χ0v) is 14.4. The van der Waals surface area contributed by atoms with Crippen molar-refractivity contribution in [3.05, 3.63) is 47.2 Å². The molecule has 0 bridgehead atoms. The number of nitrogens with one attached hydrogen (secondary N) is 1. The molecule has 2 rings (SSSR count). The second kappa shape index (κ2) is 8.40. The minimum atomic E-state index is -0.304. The molecule has 2 amide bonds. The molecule has 0 spiro atoms. The number of nitrogens with zero attached hydrogens (tertiary/aromatic N) is 3. The van der Waals surface area contributed by atoms with Gasteiger partial charge in [-0.2, -0.15) is 0 Å². The summed E-state index contributed by atoms with van der Waals surface area (Å²) in [6.45, 7) is 4.59.